The molecule has 0 bridgehead atoms. The van der Waals surface area contributed by atoms with Crippen LogP contribution in [0.1, 0.15) is 53.2 Å². The lowest BCUT2D eigenvalue weighted by Crippen LogP contribution is -2.27. The third-order valence-corrected chi connectivity index (χ3v) is 5.45. The molecule has 0 spiro atoms. The van der Waals surface area contributed by atoms with Gasteiger partial charge in [0.05, 0.1) is 6.20 Å². The van der Waals surface area contributed by atoms with Gasteiger partial charge in [-0.05, 0) is 49.9 Å². The van der Waals surface area contributed by atoms with Crippen LogP contribution in [0.2, 0.25) is 0 Å². The molecule has 0 radical (unpaired) electrons. The van der Waals surface area contributed by atoms with E-state index < -0.39 is 0 Å². The number of benzene rings is 1. The summed E-state index contributed by atoms with van der Waals surface area (Å²) >= 11 is 0. The summed E-state index contributed by atoms with van der Waals surface area (Å²) in [5.41, 5.74) is 3.39. The van der Waals surface area contributed by atoms with Crippen LogP contribution in [-0.4, -0.2) is 45.1 Å². The minimum Gasteiger partial charge on any atom is -0.339 e. The minimum atomic E-state index is 0.179. The van der Waals surface area contributed by atoms with Crippen LogP contribution in [0.3, 0.4) is 0 Å². The zero-order valence-corrected chi connectivity index (χ0v) is 14.9. The van der Waals surface area contributed by atoms with Crippen LogP contribution >= 0.6 is 0 Å². The van der Waals surface area contributed by atoms with E-state index in [1.165, 1.54) is 24.0 Å². The summed E-state index contributed by atoms with van der Waals surface area (Å²) < 4.78 is 1.88. The van der Waals surface area contributed by atoms with Gasteiger partial charge < -0.3 is 4.90 Å². The standard InChI is InChI=1S/C20H26N4O/c1-22-15-18(13-21-22)19-5-4-12-24(19)14-16-6-8-17(9-7-16)20(25)23-10-2-3-11-23/h6-9,13,15,19H,2-5,10-12,14H2,1H3/t19-/m0/s1. The van der Waals surface area contributed by atoms with E-state index >= 15 is 0 Å². The number of likely N-dealkylation sites (tertiary alicyclic amines) is 2. The van der Waals surface area contributed by atoms with Gasteiger partial charge in [0.15, 0.2) is 0 Å². The van der Waals surface area contributed by atoms with Crippen molar-refractivity contribution in [2.45, 2.75) is 38.3 Å². The number of amides is 1. The first-order chi connectivity index (χ1) is 12.2. The van der Waals surface area contributed by atoms with Crippen LogP contribution in [-0.2, 0) is 13.6 Å². The molecule has 2 fully saturated rings. The molecule has 2 aliphatic heterocycles. The largest absolute Gasteiger partial charge is 0.339 e. The Hall–Kier alpha value is -2.14. The maximum Gasteiger partial charge on any atom is 0.253 e. The van der Waals surface area contributed by atoms with Crippen molar-refractivity contribution >= 4 is 5.91 Å². The topological polar surface area (TPSA) is 41.4 Å². The van der Waals surface area contributed by atoms with Gasteiger partial charge in [0.25, 0.3) is 5.91 Å². The molecule has 1 amide bonds. The maximum absolute atomic E-state index is 12.4. The van der Waals surface area contributed by atoms with Gasteiger partial charge in [0, 0.05) is 50.0 Å². The van der Waals surface area contributed by atoms with Crippen molar-refractivity contribution in [3.63, 3.8) is 0 Å². The number of rotatable bonds is 4. The Morgan fingerprint density at radius 2 is 1.88 bits per heavy atom. The molecule has 0 unspecified atom stereocenters. The Balaban J connectivity index is 1.43. The van der Waals surface area contributed by atoms with Gasteiger partial charge in [-0.1, -0.05) is 12.1 Å². The van der Waals surface area contributed by atoms with Gasteiger partial charge in [0.1, 0.15) is 0 Å². The average Bonchev–Trinajstić information content (AvgIpc) is 3.36. The lowest BCUT2D eigenvalue weighted by Gasteiger charge is -2.23. The van der Waals surface area contributed by atoms with E-state index in [4.69, 9.17) is 0 Å². The molecule has 4 rings (SSSR count). The van der Waals surface area contributed by atoms with E-state index in [2.05, 4.69) is 28.3 Å². The zero-order valence-electron chi connectivity index (χ0n) is 14.9. The monoisotopic (exact) mass is 338 g/mol. The summed E-state index contributed by atoms with van der Waals surface area (Å²) in [6, 6.07) is 8.67. The van der Waals surface area contributed by atoms with E-state index in [9.17, 15) is 4.79 Å². The van der Waals surface area contributed by atoms with Crippen LogP contribution < -0.4 is 0 Å². The first kappa shape index (κ1) is 16.3. The Morgan fingerprint density at radius 1 is 1.12 bits per heavy atom. The Bertz CT molecular complexity index is 730. The summed E-state index contributed by atoms with van der Waals surface area (Å²) in [6.45, 7) is 3.86. The molecule has 0 aliphatic carbocycles. The van der Waals surface area contributed by atoms with Crippen LogP contribution in [0.4, 0.5) is 0 Å². The lowest BCUT2D eigenvalue weighted by atomic mass is 10.1. The van der Waals surface area contributed by atoms with Crippen LogP contribution in [0.15, 0.2) is 36.7 Å². The molecule has 2 aliphatic rings. The van der Waals surface area contributed by atoms with Crippen molar-refractivity contribution in [1.29, 1.82) is 0 Å². The fraction of sp³-hybridized carbons (Fsp3) is 0.500. The maximum atomic E-state index is 12.4. The van der Waals surface area contributed by atoms with Crippen molar-refractivity contribution in [1.82, 2.24) is 19.6 Å². The molecule has 25 heavy (non-hydrogen) atoms. The van der Waals surface area contributed by atoms with Crippen LogP contribution in [0.25, 0.3) is 0 Å². The number of carbonyl (C=O) groups is 1. The third kappa shape index (κ3) is 3.47. The summed E-state index contributed by atoms with van der Waals surface area (Å²) in [5, 5.41) is 4.32. The number of hydrogen-bond donors (Lipinski definition) is 0. The van der Waals surface area contributed by atoms with Crippen molar-refractivity contribution in [2.24, 2.45) is 7.05 Å². The average molecular weight is 338 g/mol. The number of hydrogen-bond acceptors (Lipinski definition) is 3. The number of carbonyl (C=O) groups excluding carboxylic acids is 1. The summed E-state index contributed by atoms with van der Waals surface area (Å²) in [5.74, 6) is 0.179. The highest BCUT2D eigenvalue weighted by Crippen LogP contribution is 2.32. The Labute approximate surface area is 149 Å². The zero-order chi connectivity index (χ0) is 17.2. The molecular weight excluding hydrogens is 312 g/mol. The minimum absolute atomic E-state index is 0.179. The van der Waals surface area contributed by atoms with E-state index in [-0.39, 0.29) is 5.91 Å². The first-order valence-corrected chi connectivity index (χ1v) is 9.31. The molecule has 2 saturated heterocycles. The number of nitrogens with zero attached hydrogens (tertiary/aromatic N) is 4. The van der Waals surface area contributed by atoms with Crippen molar-refractivity contribution in [2.75, 3.05) is 19.6 Å². The van der Waals surface area contributed by atoms with Gasteiger partial charge in [-0.15, -0.1) is 0 Å². The number of aromatic nitrogens is 2. The molecule has 1 aromatic heterocycles. The molecule has 5 nitrogen and oxygen atoms in total. The first-order valence-electron chi connectivity index (χ1n) is 9.31. The summed E-state index contributed by atoms with van der Waals surface area (Å²) in [6.07, 6.45) is 8.80. The van der Waals surface area contributed by atoms with Gasteiger partial charge >= 0.3 is 0 Å². The Morgan fingerprint density at radius 3 is 2.56 bits per heavy atom. The second-order valence-corrected chi connectivity index (χ2v) is 7.27. The smallest absolute Gasteiger partial charge is 0.253 e. The highest BCUT2D eigenvalue weighted by atomic mass is 16.2. The number of aryl methyl sites for hydroxylation is 1. The predicted molar refractivity (Wildman–Crippen MR) is 97.2 cm³/mol. The van der Waals surface area contributed by atoms with Gasteiger partial charge in [-0.2, -0.15) is 5.10 Å². The lowest BCUT2D eigenvalue weighted by molar-refractivity contribution is 0.0793. The molecule has 1 aromatic carbocycles. The molecule has 3 heterocycles. The van der Waals surface area contributed by atoms with Gasteiger partial charge in [0.2, 0.25) is 0 Å². The van der Waals surface area contributed by atoms with E-state index in [1.54, 1.807) is 0 Å². The molecule has 132 valence electrons. The van der Waals surface area contributed by atoms with Crippen molar-refractivity contribution in [3.8, 4) is 0 Å². The highest BCUT2D eigenvalue weighted by Gasteiger charge is 2.27. The van der Waals surface area contributed by atoms with E-state index in [0.717, 1.165) is 44.6 Å². The summed E-state index contributed by atoms with van der Waals surface area (Å²) in [4.78, 5) is 16.9. The molecule has 1 atom stereocenters. The van der Waals surface area contributed by atoms with E-state index in [1.807, 2.05) is 35.0 Å². The van der Waals surface area contributed by atoms with Crippen LogP contribution in [0.5, 0.6) is 0 Å². The van der Waals surface area contributed by atoms with Gasteiger partial charge in [-0.25, -0.2) is 0 Å². The molecular formula is C20H26N4O. The molecule has 0 saturated carbocycles. The SMILES string of the molecule is Cn1cc([C@@H]2CCCN2Cc2ccc(C(=O)N3CCCC3)cc2)cn1. The van der Waals surface area contributed by atoms with Gasteiger partial charge in [-0.3, -0.25) is 14.4 Å². The normalized spacial score (nSPS) is 21.2. The quantitative estimate of drug-likeness (QED) is 0.860. The molecule has 0 N–H and O–H groups in total. The second-order valence-electron chi connectivity index (χ2n) is 7.27. The molecule has 2 aromatic rings. The van der Waals surface area contributed by atoms with E-state index in [0.29, 0.717) is 6.04 Å². The summed E-state index contributed by atoms with van der Waals surface area (Å²) in [7, 11) is 1.97. The predicted octanol–water partition coefficient (Wildman–Crippen LogP) is 2.99. The second kappa shape index (κ2) is 7.00. The van der Waals surface area contributed by atoms with Crippen molar-refractivity contribution in [3.05, 3.63) is 53.3 Å². The third-order valence-electron chi connectivity index (χ3n) is 5.45. The van der Waals surface area contributed by atoms with Crippen LogP contribution in [0, 0.1) is 0 Å². The highest BCUT2D eigenvalue weighted by molar-refractivity contribution is 5.94. The van der Waals surface area contributed by atoms with Crippen molar-refractivity contribution < 1.29 is 4.79 Å². The fourth-order valence-electron chi connectivity index (χ4n) is 4.10. The Kier molecular flexibility index (Phi) is 4.57. The fourth-order valence-corrected chi connectivity index (χ4v) is 4.10. The molecule has 5 heteroatoms.